The van der Waals surface area contributed by atoms with Crippen LogP contribution in [0.3, 0.4) is 0 Å². The number of hydrogen-bond donors (Lipinski definition) is 0. The number of rotatable bonds is 5. The summed E-state index contributed by atoms with van der Waals surface area (Å²) in [5.74, 6) is 1.63. The van der Waals surface area contributed by atoms with Gasteiger partial charge < -0.3 is 13.3 Å². The van der Waals surface area contributed by atoms with Crippen molar-refractivity contribution >= 4 is 76.6 Å². The molecule has 0 unspecified atom stereocenters. The Morgan fingerprint density at radius 3 is 1.59 bits per heavy atom. The lowest BCUT2D eigenvalue weighted by Crippen LogP contribution is -2.01. The zero-order valence-electron chi connectivity index (χ0n) is 32.5. The minimum Gasteiger partial charge on any atom is -0.456 e. The lowest BCUT2D eigenvalue weighted by molar-refractivity contribution is 0.668. The second-order valence-corrected chi connectivity index (χ2v) is 15.5. The van der Waals surface area contributed by atoms with E-state index in [1.165, 1.54) is 0 Å². The molecule has 0 saturated heterocycles. The number of para-hydroxylation sites is 3. The molecule has 6 heteroatoms. The van der Waals surface area contributed by atoms with Crippen molar-refractivity contribution in [1.29, 1.82) is 0 Å². The highest BCUT2D eigenvalue weighted by atomic mass is 16.3. The first-order chi connectivity index (χ1) is 30.2. The molecule has 0 aliphatic carbocycles. The Labute approximate surface area is 348 Å². The van der Waals surface area contributed by atoms with Crippen LogP contribution < -0.4 is 0 Å². The molecule has 0 aliphatic rings. The summed E-state index contributed by atoms with van der Waals surface area (Å²) in [5.41, 5.74) is 11.6. The van der Waals surface area contributed by atoms with Crippen molar-refractivity contribution in [1.82, 2.24) is 15.0 Å². The summed E-state index contributed by atoms with van der Waals surface area (Å²) in [6.07, 6.45) is 0. The van der Waals surface area contributed by atoms with Gasteiger partial charge in [0.05, 0.1) is 0 Å². The minimum atomic E-state index is 0.532. The molecule has 13 aromatic rings. The fourth-order valence-electron chi connectivity index (χ4n) is 9.04. The minimum absolute atomic E-state index is 0.532. The first-order valence-electron chi connectivity index (χ1n) is 20.3. The summed E-state index contributed by atoms with van der Waals surface area (Å²) < 4.78 is 19.7. The fraction of sp³-hybridized carbons (Fsp3) is 0. The Hall–Kier alpha value is -8.35. The summed E-state index contributed by atoms with van der Waals surface area (Å²) in [4.78, 5) is 15.8. The maximum Gasteiger partial charge on any atom is 0.164 e. The number of aromatic nitrogens is 3. The fourth-order valence-corrected chi connectivity index (χ4v) is 9.04. The standard InChI is InChI=1S/C55H31N3O3/c1-2-12-32(13-3-1)33-22-24-34(25-23-33)53-56-54(36-26-27-40-39-16-6-9-19-45(39)59-48(40)30-36)58-55(57-53)44-29-37(31-49-50(44)41-17-7-10-20-46(41)60-49)43-28-35-14-4-5-15-38(35)52-51(43)42-18-8-11-21-47(42)61-52/h1-31H. The van der Waals surface area contributed by atoms with Gasteiger partial charge in [0.15, 0.2) is 17.5 Å². The molecule has 0 N–H and O–H groups in total. The molecule has 61 heavy (non-hydrogen) atoms. The number of benzene rings is 9. The molecule has 0 atom stereocenters. The van der Waals surface area contributed by atoms with Crippen LogP contribution in [0.1, 0.15) is 0 Å². The topological polar surface area (TPSA) is 78.1 Å². The highest BCUT2D eigenvalue weighted by Gasteiger charge is 2.23. The van der Waals surface area contributed by atoms with Crippen molar-refractivity contribution in [2.75, 3.05) is 0 Å². The van der Waals surface area contributed by atoms with Crippen LogP contribution in [0.15, 0.2) is 201 Å². The lowest BCUT2D eigenvalue weighted by Gasteiger charge is -2.12. The summed E-state index contributed by atoms with van der Waals surface area (Å²) >= 11 is 0. The molecule has 0 bridgehead atoms. The Bertz CT molecular complexity index is 3880. The van der Waals surface area contributed by atoms with Crippen LogP contribution >= 0.6 is 0 Å². The van der Waals surface area contributed by atoms with E-state index in [1.807, 2.05) is 60.7 Å². The molecule has 0 aliphatic heterocycles. The summed E-state index contributed by atoms with van der Waals surface area (Å²) in [5, 5.41) is 8.27. The van der Waals surface area contributed by atoms with Gasteiger partial charge >= 0.3 is 0 Å². The maximum absolute atomic E-state index is 6.70. The van der Waals surface area contributed by atoms with Gasteiger partial charge in [-0.25, -0.2) is 15.0 Å². The molecule has 0 amide bonds. The highest BCUT2D eigenvalue weighted by Crippen LogP contribution is 2.45. The molecule has 284 valence electrons. The highest BCUT2D eigenvalue weighted by molar-refractivity contribution is 6.22. The average molecular weight is 782 g/mol. The van der Waals surface area contributed by atoms with Gasteiger partial charge in [-0.2, -0.15) is 0 Å². The second kappa shape index (κ2) is 13.1. The Morgan fingerprint density at radius 2 is 0.803 bits per heavy atom. The third-order valence-corrected chi connectivity index (χ3v) is 11.9. The van der Waals surface area contributed by atoms with Crippen LogP contribution in [-0.2, 0) is 0 Å². The number of furan rings is 3. The van der Waals surface area contributed by atoms with Crippen molar-refractivity contribution in [2.24, 2.45) is 0 Å². The van der Waals surface area contributed by atoms with E-state index in [4.69, 9.17) is 28.2 Å². The second-order valence-electron chi connectivity index (χ2n) is 15.5. The maximum atomic E-state index is 6.70. The molecule has 4 heterocycles. The largest absolute Gasteiger partial charge is 0.456 e. The van der Waals surface area contributed by atoms with Gasteiger partial charge in [0.2, 0.25) is 0 Å². The van der Waals surface area contributed by atoms with Crippen molar-refractivity contribution in [2.45, 2.75) is 0 Å². The molecule has 0 spiro atoms. The normalized spacial score (nSPS) is 11.9. The predicted octanol–water partition coefficient (Wildman–Crippen LogP) is 15.1. The van der Waals surface area contributed by atoms with Crippen molar-refractivity contribution in [3.8, 4) is 56.4 Å². The van der Waals surface area contributed by atoms with E-state index in [1.54, 1.807) is 0 Å². The van der Waals surface area contributed by atoms with Gasteiger partial charge in [-0.15, -0.1) is 0 Å². The van der Waals surface area contributed by atoms with Gasteiger partial charge in [-0.1, -0.05) is 140 Å². The average Bonchev–Trinajstić information content (AvgIpc) is 4.03. The van der Waals surface area contributed by atoms with E-state index in [0.717, 1.165) is 116 Å². The Morgan fingerprint density at radius 1 is 0.279 bits per heavy atom. The van der Waals surface area contributed by atoms with E-state index in [2.05, 4.69) is 127 Å². The lowest BCUT2D eigenvalue weighted by atomic mass is 9.93. The summed E-state index contributed by atoms with van der Waals surface area (Å²) in [6, 6.07) is 64.5. The van der Waals surface area contributed by atoms with Gasteiger partial charge in [0.1, 0.15) is 33.5 Å². The number of hydrogen-bond acceptors (Lipinski definition) is 6. The molecule has 0 saturated carbocycles. The molecule has 0 fully saturated rings. The number of fused-ring (bicyclic) bond motifs is 11. The van der Waals surface area contributed by atoms with Crippen molar-refractivity contribution in [3.63, 3.8) is 0 Å². The van der Waals surface area contributed by atoms with E-state index in [9.17, 15) is 0 Å². The molecular formula is C55H31N3O3. The van der Waals surface area contributed by atoms with E-state index in [0.29, 0.717) is 17.5 Å². The molecule has 0 radical (unpaired) electrons. The molecule has 13 rings (SSSR count). The van der Waals surface area contributed by atoms with E-state index >= 15 is 0 Å². The third-order valence-electron chi connectivity index (χ3n) is 11.9. The predicted molar refractivity (Wildman–Crippen MR) is 246 cm³/mol. The van der Waals surface area contributed by atoms with Crippen LogP contribution in [0.25, 0.3) is 133 Å². The van der Waals surface area contributed by atoms with E-state index < -0.39 is 0 Å². The third kappa shape index (κ3) is 5.32. The molecule has 4 aromatic heterocycles. The molecular weight excluding hydrogens is 751 g/mol. The van der Waals surface area contributed by atoms with Crippen LogP contribution in [-0.4, -0.2) is 15.0 Å². The van der Waals surface area contributed by atoms with Crippen LogP contribution in [0.2, 0.25) is 0 Å². The van der Waals surface area contributed by atoms with Gasteiger partial charge in [-0.3, -0.25) is 0 Å². The summed E-state index contributed by atoms with van der Waals surface area (Å²) in [6.45, 7) is 0. The monoisotopic (exact) mass is 781 g/mol. The zero-order valence-corrected chi connectivity index (χ0v) is 32.5. The van der Waals surface area contributed by atoms with Crippen molar-refractivity contribution in [3.05, 3.63) is 188 Å². The smallest absolute Gasteiger partial charge is 0.164 e. The van der Waals surface area contributed by atoms with Crippen LogP contribution in [0, 0.1) is 0 Å². The van der Waals surface area contributed by atoms with Gasteiger partial charge in [0.25, 0.3) is 0 Å². The van der Waals surface area contributed by atoms with E-state index in [-0.39, 0.29) is 0 Å². The summed E-state index contributed by atoms with van der Waals surface area (Å²) in [7, 11) is 0. The first-order valence-corrected chi connectivity index (χ1v) is 20.3. The first kappa shape index (κ1) is 33.6. The molecule has 9 aromatic carbocycles. The Balaban J connectivity index is 1.09. The number of nitrogens with zero attached hydrogens (tertiary/aromatic N) is 3. The quantitative estimate of drug-likeness (QED) is 0.173. The Kier molecular flexibility index (Phi) is 7.21. The molecule has 6 nitrogen and oxygen atoms in total. The SMILES string of the molecule is c1ccc(-c2ccc(-c3nc(-c4ccc5c(c4)oc4ccccc45)nc(-c4cc(-c5cc6ccccc6c6oc7ccccc7c56)cc5oc6ccccc6c45)n3)cc2)cc1. The zero-order chi connectivity index (χ0) is 40.0. The van der Waals surface area contributed by atoms with Gasteiger partial charge in [-0.05, 0) is 76.2 Å². The van der Waals surface area contributed by atoms with Gasteiger partial charge in [0, 0.05) is 54.4 Å². The van der Waals surface area contributed by atoms with Crippen molar-refractivity contribution < 1.29 is 13.3 Å². The van der Waals surface area contributed by atoms with Crippen LogP contribution in [0.4, 0.5) is 0 Å². The van der Waals surface area contributed by atoms with Crippen LogP contribution in [0.5, 0.6) is 0 Å².